The average molecular weight is 316 g/mol. The minimum atomic E-state index is -1.21. The molecule has 0 saturated heterocycles. The lowest BCUT2D eigenvalue weighted by Crippen LogP contribution is -2.14. The van der Waals surface area contributed by atoms with Crippen LogP contribution in [0, 0.1) is 0 Å². The van der Waals surface area contributed by atoms with E-state index in [4.69, 9.17) is 5.21 Å². The summed E-state index contributed by atoms with van der Waals surface area (Å²) in [4.78, 5) is 11.6. The summed E-state index contributed by atoms with van der Waals surface area (Å²) in [6, 6.07) is 16.6. The number of nitrogens with one attached hydrogen (secondary N) is 2. The summed E-state index contributed by atoms with van der Waals surface area (Å²) in [7, 11) is -1.21. The van der Waals surface area contributed by atoms with Gasteiger partial charge in [-0.1, -0.05) is 30.3 Å². The molecule has 1 amide bonds. The van der Waals surface area contributed by atoms with Crippen LogP contribution in [0.15, 0.2) is 65.6 Å². The second kappa shape index (κ2) is 8.11. The fourth-order valence-electron chi connectivity index (χ4n) is 1.76. The van der Waals surface area contributed by atoms with Crippen LogP contribution in [0.5, 0.6) is 0 Å². The van der Waals surface area contributed by atoms with Crippen LogP contribution in [0.4, 0.5) is 5.69 Å². The van der Waals surface area contributed by atoms with Gasteiger partial charge in [0.15, 0.2) is 0 Å². The molecule has 0 saturated carbocycles. The molecule has 1 unspecified atom stereocenters. The molecule has 22 heavy (non-hydrogen) atoms. The fraction of sp³-hybridized carbons (Fsp3) is 0.0625. The molecule has 6 heteroatoms. The van der Waals surface area contributed by atoms with Crippen molar-refractivity contribution >= 4 is 28.5 Å². The highest BCUT2D eigenvalue weighted by Gasteiger charge is 2.04. The Balaban J connectivity index is 2.01. The van der Waals surface area contributed by atoms with Gasteiger partial charge in [0.1, 0.15) is 0 Å². The SMILES string of the molecule is O=C(/C=C/c1cccc(S(=O)CNc2ccccc2)c1)NO. The Labute approximate surface area is 131 Å². The second-order valence-corrected chi connectivity index (χ2v) is 5.87. The average Bonchev–Trinajstić information content (AvgIpc) is 2.58. The Morgan fingerprint density at radius 3 is 2.64 bits per heavy atom. The Morgan fingerprint density at radius 2 is 1.91 bits per heavy atom. The van der Waals surface area contributed by atoms with Gasteiger partial charge in [-0.25, -0.2) is 5.48 Å². The zero-order valence-corrected chi connectivity index (χ0v) is 12.5. The molecule has 0 bridgehead atoms. The number of hydroxylamine groups is 1. The van der Waals surface area contributed by atoms with Gasteiger partial charge in [0.05, 0.1) is 16.7 Å². The molecule has 2 aromatic rings. The molecule has 0 radical (unpaired) electrons. The molecule has 114 valence electrons. The highest BCUT2D eigenvalue weighted by molar-refractivity contribution is 7.85. The van der Waals surface area contributed by atoms with E-state index in [0.717, 1.165) is 11.3 Å². The number of amides is 1. The van der Waals surface area contributed by atoms with Gasteiger partial charge in [0.25, 0.3) is 5.91 Å². The summed E-state index contributed by atoms with van der Waals surface area (Å²) in [5.74, 6) is -0.314. The predicted molar refractivity (Wildman–Crippen MR) is 86.7 cm³/mol. The van der Waals surface area contributed by atoms with Gasteiger partial charge in [-0.15, -0.1) is 0 Å². The van der Waals surface area contributed by atoms with E-state index < -0.39 is 16.7 Å². The van der Waals surface area contributed by atoms with E-state index in [9.17, 15) is 9.00 Å². The second-order valence-electron chi connectivity index (χ2n) is 4.41. The van der Waals surface area contributed by atoms with Crippen LogP contribution < -0.4 is 10.8 Å². The summed E-state index contributed by atoms with van der Waals surface area (Å²) in [6.07, 6.45) is 2.74. The van der Waals surface area contributed by atoms with Gasteiger partial charge in [-0.3, -0.25) is 14.2 Å². The minimum absolute atomic E-state index is 0.300. The summed E-state index contributed by atoms with van der Waals surface area (Å²) < 4.78 is 12.3. The molecule has 0 spiro atoms. The van der Waals surface area contributed by atoms with Crippen LogP contribution >= 0.6 is 0 Å². The van der Waals surface area contributed by atoms with Gasteiger partial charge < -0.3 is 5.32 Å². The first-order chi connectivity index (χ1) is 10.7. The first-order valence-corrected chi connectivity index (χ1v) is 7.90. The molecule has 1 atom stereocenters. The van der Waals surface area contributed by atoms with E-state index in [1.54, 1.807) is 24.3 Å². The van der Waals surface area contributed by atoms with E-state index in [1.807, 2.05) is 30.3 Å². The molecule has 2 aromatic carbocycles. The fourth-order valence-corrected chi connectivity index (χ4v) is 2.72. The van der Waals surface area contributed by atoms with Gasteiger partial charge in [0.2, 0.25) is 0 Å². The first kappa shape index (κ1) is 15.9. The molecular formula is C16H16N2O3S. The van der Waals surface area contributed by atoms with Crippen LogP contribution in [-0.4, -0.2) is 21.2 Å². The number of carbonyl (C=O) groups excluding carboxylic acids is 1. The van der Waals surface area contributed by atoms with Crippen molar-refractivity contribution in [1.29, 1.82) is 0 Å². The molecule has 0 aliphatic carbocycles. The number of carbonyl (C=O) groups is 1. The minimum Gasteiger partial charge on any atom is -0.373 e. The number of anilines is 1. The highest BCUT2D eigenvalue weighted by atomic mass is 32.2. The third-order valence-corrected chi connectivity index (χ3v) is 4.03. The van der Waals surface area contributed by atoms with Gasteiger partial charge in [0, 0.05) is 16.7 Å². The topological polar surface area (TPSA) is 78.4 Å². The van der Waals surface area contributed by atoms with Gasteiger partial charge in [-0.05, 0) is 35.9 Å². The molecule has 5 nitrogen and oxygen atoms in total. The van der Waals surface area contributed by atoms with Crippen LogP contribution in [0.3, 0.4) is 0 Å². The quantitative estimate of drug-likeness (QED) is 0.434. The molecule has 2 rings (SSSR count). The monoisotopic (exact) mass is 316 g/mol. The molecule has 0 aromatic heterocycles. The van der Waals surface area contributed by atoms with E-state index in [2.05, 4.69) is 5.32 Å². The molecule has 0 fully saturated rings. The summed E-state index contributed by atoms with van der Waals surface area (Å²) in [5.41, 5.74) is 3.15. The zero-order chi connectivity index (χ0) is 15.8. The number of benzene rings is 2. The predicted octanol–water partition coefficient (Wildman–Crippen LogP) is 2.38. The lowest BCUT2D eigenvalue weighted by Gasteiger charge is -2.07. The molecule has 3 N–H and O–H groups in total. The van der Waals surface area contributed by atoms with Crippen LogP contribution in [-0.2, 0) is 15.6 Å². The van der Waals surface area contributed by atoms with Crippen LogP contribution in [0.1, 0.15) is 5.56 Å². The number of rotatable bonds is 6. The summed E-state index contributed by atoms with van der Waals surface area (Å²) in [5, 5.41) is 11.5. The van der Waals surface area contributed by atoms with Crippen molar-refractivity contribution in [3.8, 4) is 0 Å². The lowest BCUT2D eigenvalue weighted by atomic mass is 10.2. The molecular weight excluding hydrogens is 300 g/mol. The van der Waals surface area contributed by atoms with Crippen molar-refractivity contribution in [3.63, 3.8) is 0 Å². The number of hydrogen-bond donors (Lipinski definition) is 3. The maximum Gasteiger partial charge on any atom is 0.267 e. The van der Waals surface area contributed by atoms with Crippen molar-refractivity contribution in [2.24, 2.45) is 0 Å². The molecule has 0 aliphatic heterocycles. The molecule has 0 heterocycles. The molecule has 0 aliphatic rings. The summed E-state index contributed by atoms with van der Waals surface area (Å²) in [6.45, 7) is 0. The third-order valence-electron chi connectivity index (χ3n) is 2.84. The van der Waals surface area contributed by atoms with E-state index in [0.29, 0.717) is 10.8 Å². The highest BCUT2D eigenvalue weighted by Crippen LogP contribution is 2.13. The largest absolute Gasteiger partial charge is 0.373 e. The Kier molecular flexibility index (Phi) is 5.88. The zero-order valence-electron chi connectivity index (χ0n) is 11.7. The maximum atomic E-state index is 12.3. The van der Waals surface area contributed by atoms with Crippen molar-refractivity contribution < 1.29 is 14.2 Å². The number of para-hydroxylation sites is 1. The van der Waals surface area contributed by atoms with Crippen molar-refractivity contribution in [2.45, 2.75) is 4.90 Å². The Hall–Kier alpha value is -2.44. The van der Waals surface area contributed by atoms with E-state index in [1.165, 1.54) is 17.6 Å². The smallest absolute Gasteiger partial charge is 0.267 e. The van der Waals surface area contributed by atoms with Crippen LogP contribution in [0.2, 0.25) is 0 Å². The van der Waals surface area contributed by atoms with Crippen LogP contribution in [0.25, 0.3) is 6.08 Å². The third kappa shape index (κ3) is 4.83. The number of hydrogen-bond acceptors (Lipinski definition) is 4. The van der Waals surface area contributed by atoms with Crippen molar-refractivity contribution in [2.75, 3.05) is 11.2 Å². The van der Waals surface area contributed by atoms with Gasteiger partial charge in [-0.2, -0.15) is 0 Å². The Bertz CT molecular complexity index is 687. The standard InChI is InChI=1S/C16H16N2O3S/c19-16(18-20)10-9-13-5-4-8-15(11-13)22(21)12-17-14-6-2-1-3-7-14/h1-11,17,20H,12H2,(H,18,19)/b10-9+. The first-order valence-electron chi connectivity index (χ1n) is 6.58. The normalized spacial score (nSPS) is 12.0. The van der Waals surface area contributed by atoms with Crippen molar-refractivity contribution in [1.82, 2.24) is 5.48 Å². The Morgan fingerprint density at radius 1 is 1.14 bits per heavy atom. The van der Waals surface area contributed by atoms with E-state index in [-0.39, 0.29) is 0 Å². The van der Waals surface area contributed by atoms with Gasteiger partial charge >= 0.3 is 0 Å². The lowest BCUT2D eigenvalue weighted by molar-refractivity contribution is -0.124. The maximum absolute atomic E-state index is 12.3. The van der Waals surface area contributed by atoms with E-state index >= 15 is 0 Å². The van der Waals surface area contributed by atoms with Crippen molar-refractivity contribution in [3.05, 3.63) is 66.2 Å². The summed E-state index contributed by atoms with van der Waals surface area (Å²) >= 11 is 0.